The SMILES string of the molecule is CC(C)(C(=O)O)C1CCCN(Cc2ccc(CO)cc2)C1. The fourth-order valence-corrected chi connectivity index (χ4v) is 2.97. The second-order valence-electron chi connectivity index (χ2n) is 6.58. The van der Waals surface area contributed by atoms with Crippen LogP contribution >= 0.6 is 0 Å². The van der Waals surface area contributed by atoms with E-state index in [9.17, 15) is 9.90 Å². The van der Waals surface area contributed by atoms with Crippen molar-refractivity contribution in [3.63, 3.8) is 0 Å². The average Bonchev–Trinajstić information content (AvgIpc) is 2.48. The Bertz CT molecular complexity index is 481. The smallest absolute Gasteiger partial charge is 0.309 e. The van der Waals surface area contributed by atoms with Crippen LogP contribution in [0, 0.1) is 11.3 Å². The summed E-state index contributed by atoms with van der Waals surface area (Å²) in [5.74, 6) is -0.512. The van der Waals surface area contributed by atoms with Crippen LogP contribution in [0.1, 0.15) is 37.8 Å². The molecule has 1 fully saturated rings. The largest absolute Gasteiger partial charge is 0.481 e. The number of nitrogens with zero attached hydrogens (tertiary/aromatic N) is 1. The van der Waals surface area contributed by atoms with Gasteiger partial charge in [-0.1, -0.05) is 24.3 Å². The maximum absolute atomic E-state index is 11.4. The number of aliphatic hydroxyl groups is 1. The second kappa shape index (κ2) is 6.58. The molecule has 0 aliphatic carbocycles. The van der Waals surface area contributed by atoms with Gasteiger partial charge in [0.25, 0.3) is 0 Å². The first kappa shape index (κ1) is 16.0. The highest BCUT2D eigenvalue weighted by Gasteiger charge is 2.38. The third-order valence-corrected chi connectivity index (χ3v) is 4.69. The van der Waals surface area contributed by atoms with E-state index < -0.39 is 11.4 Å². The van der Waals surface area contributed by atoms with E-state index in [0.29, 0.717) is 0 Å². The van der Waals surface area contributed by atoms with Gasteiger partial charge in [0.05, 0.1) is 12.0 Å². The number of carboxylic acids is 1. The summed E-state index contributed by atoms with van der Waals surface area (Å²) in [6.45, 7) is 6.44. The molecule has 4 heteroatoms. The number of carboxylic acid groups (broad SMARTS) is 1. The van der Waals surface area contributed by atoms with E-state index in [4.69, 9.17) is 5.11 Å². The van der Waals surface area contributed by atoms with E-state index in [1.165, 1.54) is 5.56 Å². The number of likely N-dealkylation sites (tertiary alicyclic amines) is 1. The Labute approximate surface area is 126 Å². The van der Waals surface area contributed by atoms with Gasteiger partial charge in [0.15, 0.2) is 0 Å². The topological polar surface area (TPSA) is 60.8 Å². The standard InChI is InChI=1S/C17H25NO3/c1-17(2,16(20)21)15-4-3-9-18(11-15)10-13-5-7-14(12-19)8-6-13/h5-8,15,19H,3-4,9-12H2,1-2H3,(H,20,21). The van der Waals surface area contributed by atoms with Crippen LogP contribution in [-0.4, -0.2) is 34.2 Å². The fourth-order valence-electron chi connectivity index (χ4n) is 2.97. The Balaban J connectivity index is 1.99. The van der Waals surface area contributed by atoms with Gasteiger partial charge in [0, 0.05) is 13.1 Å². The van der Waals surface area contributed by atoms with Gasteiger partial charge in [-0.3, -0.25) is 9.69 Å². The molecule has 2 rings (SSSR count). The van der Waals surface area contributed by atoms with Crippen molar-refractivity contribution < 1.29 is 15.0 Å². The number of hydrogen-bond acceptors (Lipinski definition) is 3. The van der Waals surface area contributed by atoms with Crippen LogP contribution in [0.5, 0.6) is 0 Å². The molecule has 2 N–H and O–H groups in total. The van der Waals surface area contributed by atoms with Crippen LogP contribution in [-0.2, 0) is 17.9 Å². The summed E-state index contributed by atoms with van der Waals surface area (Å²) in [6, 6.07) is 7.96. The summed E-state index contributed by atoms with van der Waals surface area (Å²) in [6.07, 6.45) is 2.04. The molecule has 116 valence electrons. The van der Waals surface area contributed by atoms with E-state index in [-0.39, 0.29) is 12.5 Å². The molecule has 0 spiro atoms. The molecular weight excluding hydrogens is 266 g/mol. The molecule has 21 heavy (non-hydrogen) atoms. The summed E-state index contributed by atoms with van der Waals surface area (Å²) < 4.78 is 0. The van der Waals surface area contributed by atoms with Crippen molar-refractivity contribution in [3.05, 3.63) is 35.4 Å². The maximum atomic E-state index is 11.4. The molecule has 1 aliphatic heterocycles. The van der Waals surface area contributed by atoms with Crippen LogP contribution < -0.4 is 0 Å². The van der Waals surface area contributed by atoms with Crippen LogP contribution in [0.2, 0.25) is 0 Å². The van der Waals surface area contributed by atoms with E-state index in [1.54, 1.807) is 0 Å². The highest BCUT2D eigenvalue weighted by molar-refractivity contribution is 5.74. The second-order valence-corrected chi connectivity index (χ2v) is 6.58. The van der Waals surface area contributed by atoms with Gasteiger partial charge in [-0.2, -0.15) is 0 Å². The highest BCUT2D eigenvalue weighted by atomic mass is 16.4. The summed E-state index contributed by atoms with van der Waals surface area (Å²) >= 11 is 0. The van der Waals surface area contributed by atoms with Crippen molar-refractivity contribution in [3.8, 4) is 0 Å². The van der Waals surface area contributed by atoms with Gasteiger partial charge in [0.1, 0.15) is 0 Å². The Hall–Kier alpha value is -1.39. The quantitative estimate of drug-likeness (QED) is 0.875. The fraction of sp³-hybridized carbons (Fsp3) is 0.588. The Morgan fingerprint density at radius 1 is 1.29 bits per heavy atom. The normalized spacial score (nSPS) is 20.4. The zero-order valence-electron chi connectivity index (χ0n) is 12.9. The number of carbonyl (C=O) groups is 1. The van der Waals surface area contributed by atoms with Gasteiger partial charge >= 0.3 is 5.97 Å². The molecule has 0 amide bonds. The molecule has 0 bridgehead atoms. The lowest BCUT2D eigenvalue weighted by Gasteiger charge is -2.39. The zero-order chi connectivity index (χ0) is 15.5. The van der Waals surface area contributed by atoms with Crippen molar-refractivity contribution in [2.45, 2.75) is 39.8 Å². The van der Waals surface area contributed by atoms with E-state index >= 15 is 0 Å². The molecule has 1 unspecified atom stereocenters. The van der Waals surface area contributed by atoms with Gasteiger partial charge < -0.3 is 10.2 Å². The molecule has 1 heterocycles. The first-order valence-electron chi connectivity index (χ1n) is 7.58. The van der Waals surface area contributed by atoms with Gasteiger partial charge in [-0.25, -0.2) is 0 Å². The first-order valence-corrected chi connectivity index (χ1v) is 7.58. The van der Waals surface area contributed by atoms with Crippen LogP contribution in [0.15, 0.2) is 24.3 Å². The van der Waals surface area contributed by atoms with E-state index in [0.717, 1.165) is 38.0 Å². The molecule has 1 atom stereocenters. The van der Waals surface area contributed by atoms with E-state index in [1.807, 2.05) is 38.1 Å². The van der Waals surface area contributed by atoms with Crippen molar-refractivity contribution >= 4 is 5.97 Å². The minimum absolute atomic E-state index is 0.0683. The summed E-state index contributed by atoms with van der Waals surface area (Å²) in [5.41, 5.74) is 1.46. The molecule has 1 aromatic rings. The predicted molar refractivity (Wildman–Crippen MR) is 81.8 cm³/mol. The van der Waals surface area contributed by atoms with E-state index in [2.05, 4.69) is 4.90 Å². The van der Waals surface area contributed by atoms with Crippen molar-refractivity contribution in [2.24, 2.45) is 11.3 Å². The molecular formula is C17H25NO3. The molecule has 1 aliphatic rings. The summed E-state index contributed by atoms with van der Waals surface area (Å²) in [4.78, 5) is 13.8. The van der Waals surface area contributed by atoms with Gasteiger partial charge in [-0.05, 0) is 50.3 Å². The third kappa shape index (κ3) is 3.83. The lowest BCUT2D eigenvalue weighted by Crippen LogP contribution is -2.44. The number of piperidine rings is 1. The number of aliphatic carboxylic acids is 1. The number of rotatable bonds is 5. The summed E-state index contributed by atoms with van der Waals surface area (Å²) in [7, 11) is 0. The molecule has 1 aromatic carbocycles. The van der Waals surface area contributed by atoms with Crippen LogP contribution in [0.4, 0.5) is 0 Å². The average molecular weight is 291 g/mol. The molecule has 0 aromatic heterocycles. The monoisotopic (exact) mass is 291 g/mol. The lowest BCUT2D eigenvalue weighted by molar-refractivity contribution is -0.151. The minimum Gasteiger partial charge on any atom is -0.481 e. The number of benzene rings is 1. The maximum Gasteiger partial charge on any atom is 0.309 e. The Morgan fingerprint density at radius 3 is 2.48 bits per heavy atom. The number of hydrogen-bond donors (Lipinski definition) is 2. The molecule has 4 nitrogen and oxygen atoms in total. The van der Waals surface area contributed by atoms with Crippen molar-refractivity contribution in [1.29, 1.82) is 0 Å². The van der Waals surface area contributed by atoms with Crippen molar-refractivity contribution in [1.82, 2.24) is 4.90 Å². The Morgan fingerprint density at radius 2 is 1.90 bits per heavy atom. The molecule has 0 radical (unpaired) electrons. The van der Waals surface area contributed by atoms with Crippen molar-refractivity contribution in [2.75, 3.05) is 13.1 Å². The van der Waals surface area contributed by atoms with Gasteiger partial charge in [-0.15, -0.1) is 0 Å². The lowest BCUT2D eigenvalue weighted by atomic mass is 9.74. The predicted octanol–water partition coefficient (Wildman–Crippen LogP) is 2.50. The zero-order valence-corrected chi connectivity index (χ0v) is 12.9. The van der Waals surface area contributed by atoms with Crippen LogP contribution in [0.3, 0.4) is 0 Å². The third-order valence-electron chi connectivity index (χ3n) is 4.69. The van der Waals surface area contributed by atoms with Crippen LogP contribution in [0.25, 0.3) is 0 Å². The minimum atomic E-state index is -0.707. The highest BCUT2D eigenvalue weighted by Crippen LogP contribution is 2.34. The molecule has 1 saturated heterocycles. The van der Waals surface area contributed by atoms with Gasteiger partial charge in [0.2, 0.25) is 0 Å². The number of aliphatic hydroxyl groups excluding tert-OH is 1. The summed E-state index contributed by atoms with van der Waals surface area (Å²) in [5, 5.41) is 18.4. The first-order chi connectivity index (χ1) is 9.93. The Kier molecular flexibility index (Phi) is 5.01. The molecule has 0 saturated carbocycles.